The second kappa shape index (κ2) is 5.98. The first-order chi connectivity index (χ1) is 9.76. The molecule has 0 radical (unpaired) electrons. The number of non-ortho nitro benzene ring substituents is 1. The molecule has 0 aliphatic heterocycles. The normalized spacial score (nSPS) is 16.5. The van der Waals surface area contributed by atoms with Crippen LogP contribution in [-0.2, 0) is 17.5 Å². The quantitative estimate of drug-likeness (QED) is 0.643. The third kappa shape index (κ3) is 4.67. The van der Waals surface area contributed by atoms with Crippen LogP contribution in [0.3, 0.4) is 0 Å². The van der Waals surface area contributed by atoms with E-state index >= 15 is 0 Å². The zero-order chi connectivity index (χ0) is 15.6. The molecule has 2 rings (SSSR count). The van der Waals surface area contributed by atoms with Crippen LogP contribution in [0.2, 0.25) is 0 Å². The van der Waals surface area contributed by atoms with Crippen molar-refractivity contribution in [1.29, 1.82) is 0 Å². The number of nitrogens with zero attached hydrogens (tertiary/aromatic N) is 1. The summed E-state index contributed by atoms with van der Waals surface area (Å²) in [6, 6.07) is 2.77. The molecule has 6 nitrogen and oxygen atoms in total. The van der Waals surface area contributed by atoms with E-state index in [2.05, 4.69) is 9.46 Å². The summed E-state index contributed by atoms with van der Waals surface area (Å²) in [7, 11) is -1.37. The number of halogens is 3. The molecule has 0 heterocycles. The molecule has 10 heteroatoms. The Morgan fingerprint density at radius 2 is 2.10 bits per heavy atom. The van der Waals surface area contributed by atoms with Gasteiger partial charge >= 0.3 is 6.36 Å². The summed E-state index contributed by atoms with van der Waals surface area (Å²) in [6.45, 7) is -0.212. The zero-order valence-corrected chi connectivity index (χ0v) is 11.4. The maximum atomic E-state index is 12.3. The number of rotatable bonds is 6. The van der Waals surface area contributed by atoms with Gasteiger partial charge in [0.25, 0.3) is 5.69 Å². The number of ether oxygens (including phenoxy) is 1. The second-order valence-corrected chi connectivity index (χ2v) is 5.96. The molecule has 1 unspecified atom stereocenters. The molecular weight excluding hydrogens is 313 g/mol. The van der Waals surface area contributed by atoms with E-state index in [1.165, 1.54) is 0 Å². The molecule has 0 spiro atoms. The molecule has 1 N–H and O–H groups in total. The number of nitro benzene ring substituents is 1. The first-order valence-corrected chi connectivity index (χ1v) is 7.15. The number of nitro groups is 1. The molecule has 21 heavy (non-hydrogen) atoms. The highest BCUT2D eigenvalue weighted by molar-refractivity contribution is 7.83. The second-order valence-electron chi connectivity index (χ2n) is 4.41. The van der Waals surface area contributed by atoms with Gasteiger partial charge in [-0.3, -0.25) is 10.1 Å². The molecule has 1 saturated carbocycles. The van der Waals surface area contributed by atoms with E-state index in [1.54, 1.807) is 0 Å². The van der Waals surface area contributed by atoms with Crippen molar-refractivity contribution in [2.75, 3.05) is 0 Å². The monoisotopic (exact) mass is 324 g/mol. The Hall–Kier alpha value is -1.68. The van der Waals surface area contributed by atoms with Gasteiger partial charge < -0.3 is 4.74 Å². The number of alkyl halides is 3. The smallest absolute Gasteiger partial charge is 0.405 e. The van der Waals surface area contributed by atoms with Crippen LogP contribution in [0.4, 0.5) is 18.9 Å². The third-order valence-corrected chi connectivity index (χ3v) is 4.22. The zero-order valence-electron chi connectivity index (χ0n) is 10.6. The maximum absolute atomic E-state index is 12.3. The number of nitrogens with one attached hydrogen (secondary N) is 1. The van der Waals surface area contributed by atoms with Crippen LogP contribution >= 0.6 is 0 Å². The Balaban J connectivity index is 2.18. The van der Waals surface area contributed by atoms with Crippen molar-refractivity contribution in [2.24, 2.45) is 0 Å². The van der Waals surface area contributed by atoms with Gasteiger partial charge in [0.15, 0.2) is 0 Å². The lowest BCUT2D eigenvalue weighted by Gasteiger charge is -2.13. The molecule has 116 valence electrons. The predicted octanol–water partition coefficient (Wildman–Crippen LogP) is 2.41. The first-order valence-electron chi connectivity index (χ1n) is 5.93. The van der Waals surface area contributed by atoms with Crippen LogP contribution in [0.1, 0.15) is 18.4 Å². The van der Waals surface area contributed by atoms with Crippen LogP contribution < -0.4 is 9.46 Å². The lowest BCUT2D eigenvalue weighted by Crippen LogP contribution is -2.22. The fourth-order valence-electron chi connectivity index (χ4n) is 1.59. The van der Waals surface area contributed by atoms with Gasteiger partial charge in [-0.1, -0.05) is 0 Å². The van der Waals surface area contributed by atoms with E-state index in [0.29, 0.717) is 0 Å². The minimum atomic E-state index is -4.90. The third-order valence-electron chi connectivity index (χ3n) is 2.71. The summed E-state index contributed by atoms with van der Waals surface area (Å²) >= 11 is 0. The molecule has 0 amide bonds. The van der Waals surface area contributed by atoms with Gasteiger partial charge in [0.1, 0.15) is 5.75 Å². The van der Waals surface area contributed by atoms with Gasteiger partial charge in [-0.15, -0.1) is 13.2 Å². The Morgan fingerprint density at radius 1 is 1.43 bits per heavy atom. The fraction of sp³-hybridized carbons (Fsp3) is 0.455. The van der Waals surface area contributed by atoms with Gasteiger partial charge in [0.2, 0.25) is 0 Å². The molecule has 1 aliphatic carbocycles. The van der Waals surface area contributed by atoms with Gasteiger partial charge in [-0.25, -0.2) is 8.93 Å². The number of hydrogen-bond acceptors (Lipinski definition) is 4. The van der Waals surface area contributed by atoms with Crippen LogP contribution in [0, 0.1) is 10.1 Å². The Bertz CT molecular complexity index is 575. The molecular formula is C11H11F3N2O4S. The van der Waals surface area contributed by atoms with Crippen molar-refractivity contribution in [3.8, 4) is 5.75 Å². The first kappa shape index (κ1) is 15.7. The summed E-state index contributed by atoms with van der Waals surface area (Å²) in [4.78, 5) is 9.94. The summed E-state index contributed by atoms with van der Waals surface area (Å²) in [6.07, 6.45) is -3.32. The lowest BCUT2D eigenvalue weighted by atomic mass is 10.2. The average Bonchev–Trinajstić information content (AvgIpc) is 3.19. The highest BCUT2D eigenvalue weighted by Crippen LogP contribution is 2.30. The van der Waals surface area contributed by atoms with Crippen molar-refractivity contribution in [3.63, 3.8) is 0 Å². The van der Waals surface area contributed by atoms with Crippen molar-refractivity contribution in [3.05, 3.63) is 33.9 Å². The molecule has 0 aromatic heterocycles. The summed E-state index contributed by atoms with van der Waals surface area (Å²) in [5, 5.41) is 10.7. The predicted molar refractivity (Wildman–Crippen MR) is 67.8 cm³/mol. The Kier molecular flexibility index (Phi) is 4.47. The van der Waals surface area contributed by atoms with E-state index in [9.17, 15) is 27.5 Å². The molecule has 1 fully saturated rings. The summed E-state index contributed by atoms with van der Waals surface area (Å²) < 4.78 is 54.8. The number of benzene rings is 1. The van der Waals surface area contributed by atoms with Crippen LogP contribution in [0.25, 0.3) is 0 Å². The van der Waals surface area contributed by atoms with E-state index in [0.717, 1.165) is 31.0 Å². The fourth-order valence-corrected chi connectivity index (χ4v) is 2.69. The van der Waals surface area contributed by atoms with Crippen LogP contribution in [0.15, 0.2) is 18.2 Å². The van der Waals surface area contributed by atoms with Gasteiger partial charge in [0, 0.05) is 29.5 Å². The van der Waals surface area contributed by atoms with E-state index < -0.39 is 28.0 Å². The number of hydrogen-bond donors (Lipinski definition) is 1. The maximum Gasteiger partial charge on any atom is 0.573 e. The summed E-state index contributed by atoms with van der Waals surface area (Å²) in [5.41, 5.74) is -0.436. The van der Waals surface area contributed by atoms with E-state index in [-0.39, 0.29) is 23.0 Å². The van der Waals surface area contributed by atoms with Crippen molar-refractivity contribution >= 4 is 16.7 Å². The topological polar surface area (TPSA) is 81.5 Å². The summed E-state index contributed by atoms with van der Waals surface area (Å²) in [5.74, 6) is -0.548. The molecule has 0 saturated heterocycles. The van der Waals surface area contributed by atoms with Crippen LogP contribution in [-0.4, -0.2) is 20.7 Å². The lowest BCUT2D eigenvalue weighted by molar-refractivity contribution is -0.385. The standard InChI is InChI=1S/C11H11F3N2O4S/c12-11(13,14)20-10-4-1-8(16(17)18)5-7(10)6-15-21(19)9-2-3-9/h1,4-5,9,15H,2-3,6H2. The molecule has 1 atom stereocenters. The molecule has 1 aliphatic rings. The van der Waals surface area contributed by atoms with E-state index in [1.807, 2.05) is 0 Å². The molecule has 0 bridgehead atoms. The highest BCUT2D eigenvalue weighted by Gasteiger charge is 2.33. The van der Waals surface area contributed by atoms with Gasteiger partial charge in [-0.2, -0.15) is 0 Å². The minimum absolute atomic E-state index is 0.00400. The van der Waals surface area contributed by atoms with Gasteiger partial charge in [0.05, 0.1) is 15.9 Å². The van der Waals surface area contributed by atoms with Crippen molar-refractivity contribution in [2.45, 2.75) is 31.0 Å². The van der Waals surface area contributed by atoms with E-state index in [4.69, 9.17) is 0 Å². The molecule has 1 aromatic rings. The van der Waals surface area contributed by atoms with Crippen molar-refractivity contribution in [1.82, 2.24) is 4.72 Å². The van der Waals surface area contributed by atoms with Gasteiger partial charge in [-0.05, 0) is 18.9 Å². The largest absolute Gasteiger partial charge is 0.573 e. The SMILES string of the molecule is O=[N+]([O-])c1ccc(OC(F)(F)F)c(CNS(=O)C2CC2)c1. The Labute approximate surface area is 120 Å². The highest BCUT2D eigenvalue weighted by atomic mass is 32.2. The molecule has 1 aromatic carbocycles. The van der Waals surface area contributed by atoms with Crippen molar-refractivity contribution < 1.29 is 27.0 Å². The average molecular weight is 324 g/mol. The van der Waals surface area contributed by atoms with Crippen LogP contribution in [0.5, 0.6) is 5.75 Å². The Morgan fingerprint density at radius 3 is 2.62 bits per heavy atom. The minimum Gasteiger partial charge on any atom is -0.405 e.